The Balaban J connectivity index is 2.69. The summed E-state index contributed by atoms with van der Waals surface area (Å²) in [5, 5.41) is 0. The molecule has 1 aromatic carbocycles. The average molecular weight is 358 g/mol. The second-order valence-electron chi connectivity index (χ2n) is 8.11. The van der Waals surface area contributed by atoms with E-state index in [1.807, 2.05) is 33.0 Å². The van der Waals surface area contributed by atoms with Gasteiger partial charge in [-0.15, -0.1) is 0 Å². The molecular weight excluding hydrogens is 327 g/mol. The molecule has 0 atom stereocenters. The van der Waals surface area contributed by atoms with E-state index in [1.165, 1.54) is 5.56 Å². The molecule has 0 fully saturated rings. The Morgan fingerprint density at radius 2 is 1.68 bits per heavy atom. The molecule has 2 heteroatoms. The Hall–Kier alpha value is -1.09. The molecule has 0 spiro atoms. The van der Waals surface area contributed by atoms with Crippen molar-refractivity contribution >= 4 is 17.7 Å². The van der Waals surface area contributed by atoms with E-state index in [9.17, 15) is 0 Å². The fraction of sp³-hybridized carbons (Fsp3) is 0.450. The summed E-state index contributed by atoms with van der Waals surface area (Å²) in [6.07, 6.45) is 0.539. The first kappa shape index (κ1) is 14.5. The minimum atomic E-state index is -2.24. The Bertz CT molecular complexity index is 723. The molecule has 0 radical (unpaired) electrons. The number of pyridine rings is 1. The molecule has 0 bridgehead atoms. The van der Waals surface area contributed by atoms with Crippen molar-refractivity contribution in [1.29, 1.82) is 0 Å². The maximum atomic E-state index is 8.80. The molecule has 0 saturated carbocycles. The fourth-order valence-electron chi connectivity index (χ4n) is 2.44. The first-order chi connectivity index (χ1) is 10.8. The molecule has 118 valence electrons. The van der Waals surface area contributed by atoms with Gasteiger partial charge in [0, 0.05) is 0 Å². The summed E-state index contributed by atoms with van der Waals surface area (Å²) in [5.74, 6) is 6.89. The van der Waals surface area contributed by atoms with Crippen LogP contribution in [0.3, 0.4) is 0 Å². The van der Waals surface area contributed by atoms with E-state index in [0.717, 1.165) is 21.2 Å². The quantitative estimate of drug-likeness (QED) is 0.688. The van der Waals surface area contributed by atoms with Crippen LogP contribution in [0.15, 0.2) is 36.5 Å². The monoisotopic (exact) mass is 359 g/mol. The van der Waals surface area contributed by atoms with E-state index >= 15 is 0 Å². The summed E-state index contributed by atoms with van der Waals surface area (Å²) in [6.45, 7) is 7.98. The van der Waals surface area contributed by atoms with Gasteiger partial charge in [-0.1, -0.05) is 0 Å². The summed E-state index contributed by atoms with van der Waals surface area (Å²) in [6, 6.07) is 10.3. The second kappa shape index (κ2) is 6.19. The van der Waals surface area contributed by atoms with Crippen LogP contribution in [0.4, 0.5) is 0 Å². The Kier molecular flexibility index (Phi) is 4.08. The average Bonchev–Trinajstić information content (AvgIpc) is 2.45. The van der Waals surface area contributed by atoms with Gasteiger partial charge in [-0.25, -0.2) is 0 Å². The molecule has 0 saturated heterocycles. The number of hydrogen-bond donors (Lipinski definition) is 0. The van der Waals surface area contributed by atoms with Crippen LogP contribution in [-0.4, -0.2) is 18.3 Å². The van der Waals surface area contributed by atoms with E-state index in [0.29, 0.717) is 0 Å². The van der Waals surface area contributed by atoms with Crippen LogP contribution in [0, 0.1) is 12.3 Å². The van der Waals surface area contributed by atoms with Crippen LogP contribution in [0.25, 0.3) is 11.3 Å². The van der Waals surface area contributed by atoms with E-state index in [2.05, 4.69) is 53.4 Å². The van der Waals surface area contributed by atoms with Crippen molar-refractivity contribution < 1.29 is 2.74 Å². The molecule has 0 aliphatic rings. The number of aromatic nitrogens is 1. The summed E-state index contributed by atoms with van der Waals surface area (Å²) in [7, 11) is 0. The van der Waals surface area contributed by atoms with Crippen LogP contribution in [0.2, 0.25) is 17.3 Å². The summed E-state index contributed by atoms with van der Waals surface area (Å²) in [5.41, 5.74) is 3.47. The molecule has 0 N–H and O–H groups in total. The van der Waals surface area contributed by atoms with Gasteiger partial charge >= 0.3 is 141 Å². The molecule has 1 aromatic heterocycles. The van der Waals surface area contributed by atoms with Crippen LogP contribution < -0.4 is 4.40 Å². The predicted octanol–water partition coefficient (Wildman–Crippen LogP) is 5.19. The fourth-order valence-corrected chi connectivity index (χ4v) is 5.37. The molecule has 0 unspecified atom stereocenters. The normalized spacial score (nSPS) is 14.5. The maximum absolute atomic E-state index is 8.80. The van der Waals surface area contributed by atoms with Crippen molar-refractivity contribution in [1.82, 2.24) is 4.98 Å². The van der Waals surface area contributed by atoms with Crippen molar-refractivity contribution in [2.75, 3.05) is 0 Å². The number of nitrogens with zero attached hydrogens (tertiary/aromatic N) is 1. The van der Waals surface area contributed by atoms with Crippen molar-refractivity contribution in [2.24, 2.45) is 5.41 Å². The first-order valence-corrected chi connectivity index (χ1v) is 15.3. The van der Waals surface area contributed by atoms with Crippen LogP contribution in [0.1, 0.15) is 34.6 Å². The molecule has 1 nitrogen and oxygen atoms in total. The van der Waals surface area contributed by atoms with Crippen molar-refractivity contribution in [3.63, 3.8) is 0 Å². The van der Waals surface area contributed by atoms with Gasteiger partial charge in [-0.05, 0) is 0 Å². The molecule has 22 heavy (non-hydrogen) atoms. The van der Waals surface area contributed by atoms with Gasteiger partial charge in [-0.3, -0.25) is 0 Å². The number of hydrogen-bond acceptors (Lipinski definition) is 1. The van der Waals surface area contributed by atoms with Gasteiger partial charge < -0.3 is 0 Å². The SMILES string of the molecule is [2H]C([2H])(c1cc(-c2ccc(C)cc2)nc[c]1[Ge]([CH3])([CH3])[CH3])C(C)(C)C. The van der Waals surface area contributed by atoms with Crippen molar-refractivity contribution in [2.45, 2.75) is 51.3 Å². The van der Waals surface area contributed by atoms with Crippen LogP contribution in [0.5, 0.6) is 0 Å². The Morgan fingerprint density at radius 3 is 2.18 bits per heavy atom. The van der Waals surface area contributed by atoms with Gasteiger partial charge in [0.1, 0.15) is 0 Å². The molecule has 0 amide bonds. The van der Waals surface area contributed by atoms with Crippen LogP contribution in [-0.2, 0) is 6.37 Å². The summed E-state index contributed by atoms with van der Waals surface area (Å²) in [4.78, 5) is 4.68. The van der Waals surface area contributed by atoms with E-state index in [-0.39, 0.29) is 0 Å². The zero-order chi connectivity index (χ0) is 18.3. The van der Waals surface area contributed by atoms with Gasteiger partial charge in [0.15, 0.2) is 0 Å². The molecule has 2 aromatic rings. The third-order valence-electron chi connectivity index (χ3n) is 3.57. The van der Waals surface area contributed by atoms with Gasteiger partial charge in [0.2, 0.25) is 0 Å². The second-order valence-corrected chi connectivity index (χ2v) is 18.7. The summed E-state index contributed by atoms with van der Waals surface area (Å²) >= 11 is -2.24. The van der Waals surface area contributed by atoms with E-state index < -0.39 is 25.1 Å². The minimum absolute atomic E-state index is 0.471. The Labute approximate surface area is 141 Å². The van der Waals surface area contributed by atoms with E-state index in [1.54, 1.807) is 0 Å². The predicted molar refractivity (Wildman–Crippen MR) is 101 cm³/mol. The zero-order valence-electron chi connectivity index (χ0n) is 16.9. The topological polar surface area (TPSA) is 12.9 Å². The third-order valence-corrected chi connectivity index (χ3v) is 7.80. The van der Waals surface area contributed by atoms with E-state index in [4.69, 9.17) is 2.74 Å². The number of rotatable bonds is 3. The molecular formula is C20H29GeN. The molecule has 0 aliphatic heterocycles. The molecule has 0 aliphatic carbocycles. The summed E-state index contributed by atoms with van der Waals surface area (Å²) < 4.78 is 18.8. The van der Waals surface area contributed by atoms with Gasteiger partial charge in [0.05, 0.1) is 0 Å². The first-order valence-electron chi connectivity index (χ1n) is 8.92. The zero-order valence-corrected chi connectivity index (χ0v) is 17.0. The number of aryl methyl sites for hydroxylation is 1. The third kappa shape index (κ3) is 4.45. The van der Waals surface area contributed by atoms with Crippen LogP contribution >= 0.6 is 0 Å². The Morgan fingerprint density at radius 1 is 1.09 bits per heavy atom. The number of benzene rings is 1. The standard InChI is InChI=1S/C20H29GeN/c1-15-8-10-16(11-9-15)19-12-17(13-20(2,3)4)18(14-22-19)21(5,6)7/h8-12,14H,13H2,1-7H3/i13D2. The van der Waals surface area contributed by atoms with Gasteiger partial charge in [-0.2, -0.15) is 0 Å². The molecule has 2 rings (SSSR count). The van der Waals surface area contributed by atoms with Gasteiger partial charge in [0.25, 0.3) is 0 Å². The molecule has 1 heterocycles. The van der Waals surface area contributed by atoms with Crippen molar-refractivity contribution in [3.05, 3.63) is 47.7 Å². The van der Waals surface area contributed by atoms with Crippen molar-refractivity contribution in [3.8, 4) is 11.3 Å².